The van der Waals surface area contributed by atoms with Crippen LogP contribution in [0.15, 0.2) is 6.33 Å². The van der Waals surface area contributed by atoms with Gasteiger partial charge in [-0.3, -0.25) is 10.1 Å². The SMILES string of the molecule is CSC(C)CCNc1ncnc(Cl)c1[N+](=O)[O-]. The maximum absolute atomic E-state index is 10.8. The van der Waals surface area contributed by atoms with Crippen molar-refractivity contribution in [1.29, 1.82) is 0 Å². The molecule has 94 valence electrons. The third kappa shape index (κ3) is 4.01. The van der Waals surface area contributed by atoms with Gasteiger partial charge in [-0.2, -0.15) is 11.8 Å². The Bertz CT molecular complexity index is 405. The van der Waals surface area contributed by atoms with Crippen LogP contribution in [-0.4, -0.2) is 32.9 Å². The van der Waals surface area contributed by atoms with E-state index >= 15 is 0 Å². The summed E-state index contributed by atoms with van der Waals surface area (Å²) in [6.07, 6.45) is 4.12. The average molecular weight is 277 g/mol. The van der Waals surface area contributed by atoms with Gasteiger partial charge >= 0.3 is 5.69 Å². The Hall–Kier alpha value is -1.08. The van der Waals surface area contributed by atoms with Gasteiger partial charge in [0.15, 0.2) is 0 Å². The highest BCUT2D eigenvalue weighted by Crippen LogP contribution is 2.28. The fourth-order valence-electron chi connectivity index (χ4n) is 1.16. The van der Waals surface area contributed by atoms with Crippen molar-refractivity contribution in [3.05, 3.63) is 21.6 Å². The quantitative estimate of drug-likeness (QED) is 0.489. The lowest BCUT2D eigenvalue weighted by atomic mass is 10.3. The van der Waals surface area contributed by atoms with Crippen LogP contribution in [-0.2, 0) is 0 Å². The third-order valence-corrected chi connectivity index (χ3v) is 3.52. The van der Waals surface area contributed by atoms with E-state index in [1.165, 1.54) is 6.33 Å². The maximum Gasteiger partial charge on any atom is 0.348 e. The highest BCUT2D eigenvalue weighted by molar-refractivity contribution is 7.99. The molecule has 0 radical (unpaired) electrons. The topological polar surface area (TPSA) is 81.0 Å². The molecule has 6 nitrogen and oxygen atoms in total. The first kappa shape index (κ1) is 14.0. The molecular formula is C9H13ClN4O2S. The van der Waals surface area contributed by atoms with Crippen LogP contribution in [0.25, 0.3) is 0 Å². The lowest BCUT2D eigenvalue weighted by molar-refractivity contribution is -0.384. The molecule has 0 fully saturated rings. The second-order valence-corrected chi connectivity index (χ2v) is 5.01. The van der Waals surface area contributed by atoms with Gasteiger partial charge in [0.1, 0.15) is 6.33 Å². The number of hydrogen-bond donors (Lipinski definition) is 1. The van der Waals surface area contributed by atoms with Crippen LogP contribution in [0.2, 0.25) is 5.15 Å². The van der Waals surface area contributed by atoms with Gasteiger partial charge < -0.3 is 5.32 Å². The maximum atomic E-state index is 10.8. The smallest absolute Gasteiger partial charge is 0.348 e. The van der Waals surface area contributed by atoms with Crippen molar-refractivity contribution >= 4 is 34.9 Å². The highest BCUT2D eigenvalue weighted by Gasteiger charge is 2.21. The number of nitrogens with zero attached hydrogens (tertiary/aromatic N) is 3. The molecule has 0 spiro atoms. The Balaban J connectivity index is 2.71. The molecule has 0 saturated carbocycles. The number of nitrogens with one attached hydrogen (secondary N) is 1. The normalized spacial score (nSPS) is 12.2. The molecule has 1 unspecified atom stereocenters. The van der Waals surface area contributed by atoms with Gasteiger partial charge in [-0.1, -0.05) is 18.5 Å². The molecule has 1 rings (SSSR count). The standard InChI is InChI=1S/C9H13ClN4O2S/c1-6(17-2)3-4-11-9-7(14(15)16)8(10)12-5-13-9/h5-6H,3-4H2,1-2H3,(H,11,12,13). The number of hydrogen-bond acceptors (Lipinski definition) is 6. The Morgan fingerprint density at radius 3 is 2.94 bits per heavy atom. The summed E-state index contributed by atoms with van der Waals surface area (Å²) in [4.78, 5) is 17.6. The summed E-state index contributed by atoms with van der Waals surface area (Å²) in [5.41, 5.74) is -0.272. The van der Waals surface area contributed by atoms with Crippen LogP contribution in [0.5, 0.6) is 0 Å². The first-order chi connectivity index (χ1) is 8.06. The summed E-state index contributed by atoms with van der Waals surface area (Å²) in [6.45, 7) is 2.70. The van der Waals surface area contributed by atoms with E-state index in [4.69, 9.17) is 11.6 Å². The Morgan fingerprint density at radius 1 is 1.65 bits per heavy atom. The van der Waals surface area contributed by atoms with Crippen LogP contribution in [0.4, 0.5) is 11.5 Å². The zero-order valence-electron chi connectivity index (χ0n) is 9.51. The summed E-state index contributed by atoms with van der Waals surface area (Å²) in [5, 5.41) is 14.0. The second-order valence-electron chi connectivity index (χ2n) is 3.38. The number of anilines is 1. The molecule has 1 aromatic heterocycles. The number of aromatic nitrogens is 2. The zero-order chi connectivity index (χ0) is 12.8. The molecule has 0 aliphatic heterocycles. The Morgan fingerprint density at radius 2 is 2.35 bits per heavy atom. The third-order valence-electron chi connectivity index (χ3n) is 2.21. The minimum Gasteiger partial charge on any atom is -0.364 e. The molecular weight excluding hydrogens is 264 g/mol. The van der Waals surface area contributed by atoms with Crippen molar-refractivity contribution < 1.29 is 4.92 Å². The molecule has 0 aliphatic carbocycles. The first-order valence-corrected chi connectivity index (χ1v) is 6.64. The molecule has 0 saturated heterocycles. The molecule has 0 amide bonds. The fourth-order valence-corrected chi connectivity index (χ4v) is 1.72. The van der Waals surface area contributed by atoms with E-state index in [0.717, 1.165) is 6.42 Å². The van der Waals surface area contributed by atoms with Gasteiger partial charge in [0.25, 0.3) is 0 Å². The van der Waals surface area contributed by atoms with E-state index in [1.807, 2.05) is 6.26 Å². The summed E-state index contributed by atoms with van der Waals surface area (Å²) in [5.74, 6) is 0.170. The van der Waals surface area contributed by atoms with Crippen molar-refractivity contribution in [3.63, 3.8) is 0 Å². The Labute approximate surface area is 108 Å². The van der Waals surface area contributed by atoms with E-state index in [-0.39, 0.29) is 16.7 Å². The van der Waals surface area contributed by atoms with Crippen molar-refractivity contribution in [1.82, 2.24) is 9.97 Å². The van der Waals surface area contributed by atoms with E-state index in [0.29, 0.717) is 11.8 Å². The van der Waals surface area contributed by atoms with Gasteiger partial charge in [0.05, 0.1) is 4.92 Å². The van der Waals surface area contributed by atoms with Crippen molar-refractivity contribution in [2.75, 3.05) is 18.1 Å². The molecule has 0 bridgehead atoms. The van der Waals surface area contributed by atoms with Crippen LogP contribution >= 0.6 is 23.4 Å². The monoisotopic (exact) mass is 276 g/mol. The number of halogens is 1. The molecule has 1 N–H and O–H groups in total. The minimum absolute atomic E-state index is 0.148. The summed E-state index contributed by atoms with van der Waals surface area (Å²) >= 11 is 7.40. The summed E-state index contributed by atoms with van der Waals surface area (Å²) in [7, 11) is 0. The molecule has 8 heteroatoms. The molecule has 1 heterocycles. The minimum atomic E-state index is -0.581. The summed E-state index contributed by atoms with van der Waals surface area (Å²) < 4.78 is 0. The predicted octanol–water partition coefficient (Wildman–Crippen LogP) is 2.59. The van der Waals surface area contributed by atoms with Gasteiger partial charge in [-0.25, -0.2) is 9.97 Å². The van der Waals surface area contributed by atoms with Crippen LogP contribution in [0, 0.1) is 10.1 Å². The van der Waals surface area contributed by atoms with Crippen LogP contribution in [0.3, 0.4) is 0 Å². The van der Waals surface area contributed by atoms with Gasteiger partial charge in [0.2, 0.25) is 11.0 Å². The molecule has 1 atom stereocenters. The van der Waals surface area contributed by atoms with Crippen LogP contribution < -0.4 is 5.32 Å². The van der Waals surface area contributed by atoms with Crippen molar-refractivity contribution in [2.45, 2.75) is 18.6 Å². The van der Waals surface area contributed by atoms with Crippen molar-refractivity contribution in [2.24, 2.45) is 0 Å². The predicted molar refractivity (Wildman–Crippen MR) is 69.8 cm³/mol. The van der Waals surface area contributed by atoms with E-state index in [9.17, 15) is 10.1 Å². The van der Waals surface area contributed by atoms with E-state index in [2.05, 4.69) is 22.2 Å². The van der Waals surface area contributed by atoms with Crippen LogP contribution in [0.1, 0.15) is 13.3 Å². The van der Waals surface area contributed by atoms with Gasteiger partial charge in [-0.15, -0.1) is 0 Å². The molecule has 0 aromatic carbocycles. The van der Waals surface area contributed by atoms with E-state index < -0.39 is 4.92 Å². The van der Waals surface area contributed by atoms with Crippen molar-refractivity contribution in [3.8, 4) is 0 Å². The summed E-state index contributed by atoms with van der Waals surface area (Å²) in [6, 6.07) is 0. The van der Waals surface area contributed by atoms with E-state index in [1.54, 1.807) is 11.8 Å². The lowest BCUT2D eigenvalue weighted by Gasteiger charge is -2.09. The first-order valence-electron chi connectivity index (χ1n) is 4.97. The molecule has 1 aromatic rings. The largest absolute Gasteiger partial charge is 0.364 e. The molecule has 17 heavy (non-hydrogen) atoms. The lowest BCUT2D eigenvalue weighted by Crippen LogP contribution is -2.10. The highest BCUT2D eigenvalue weighted by atomic mass is 35.5. The molecule has 0 aliphatic rings. The van der Waals surface area contributed by atoms with Gasteiger partial charge in [-0.05, 0) is 12.7 Å². The number of thioether (sulfide) groups is 1. The second kappa shape index (κ2) is 6.61. The zero-order valence-corrected chi connectivity index (χ0v) is 11.1. The average Bonchev–Trinajstić information content (AvgIpc) is 2.28. The number of nitro groups is 1. The van der Waals surface area contributed by atoms with Gasteiger partial charge in [0, 0.05) is 11.8 Å². The number of rotatable bonds is 6. The Kier molecular flexibility index (Phi) is 5.43. The fraction of sp³-hybridized carbons (Fsp3) is 0.556.